The summed E-state index contributed by atoms with van der Waals surface area (Å²) in [6, 6.07) is 9.36. The Balaban J connectivity index is 2.71. The van der Waals surface area contributed by atoms with E-state index in [0.717, 1.165) is 12.0 Å². The first-order chi connectivity index (χ1) is 10.5. The summed E-state index contributed by atoms with van der Waals surface area (Å²) in [6.45, 7) is 6.02. The molecule has 0 radical (unpaired) electrons. The number of esters is 1. The number of nitrogens with one attached hydrogen (secondary N) is 1. The zero-order chi connectivity index (χ0) is 16.5. The minimum Gasteiger partial charge on any atom is -0.467 e. The summed E-state index contributed by atoms with van der Waals surface area (Å²) in [5.74, 6) is -0.292. The van der Waals surface area contributed by atoms with E-state index in [2.05, 4.69) is 5.32 Å². The second-order valence-electron chi connectivity index (χ2n) is 6.01. The van der Waals surface area contributed by atoms with Crippen LogP contribution in [-0.2, 0) is 20.7 Å². The van der Waals surface area contributed by atoms with Crippen molar-refractivity contribution in [1.29, 1.82) is 0 Å². The molecule has 0 aliphatic heterocycles. The Bertz CT molecular complexity index is 470. The molecule has 0 fully saturated rings. The van der Waals surface area contributed by atoms with Crippen LogP contribution in [0.15, 0.2) is 30.3 Å². The minimum absolute atomic E-state index is 0.0811. The second-order valence-corrected chi connectivity index (χ2v) is 6.01. The van der Waals surface area contributed by atoms with Gasteiger partial charge in [0.05, 0.1) is 7.11 Å². The molecule has 0 saturated carbocycles. The monoisotopic (exact) mass is 305 g/mol. The highest BCUT2D eigenvalue weighted by Crippen LogP contribution is 2.14. The number of hydrogen-bond acceptors (Lipinski definition) is 3. The van der Waals surface area contributed by atoms with Gasteiger partial charge in [0, 0.05) is 5.92 Å². The number of carbonyl (C=O) groups is 2. The molecule has 0 aliphatic carbocycles. The van der Waals surface area contributed by atoms with Crippen LogP contribution in [0.3, 0.4) is 0 Å². The quantitative estimate of drug-likeness (QED) is 0.751. The van der Waals surface area contributed by atoms with E-state index < -0.39 is 6.04 Å². The first-order valence-corrected chi connectivity index (χ1v) is 7.90. The molecular formula is C18H27NO3. The zero-order valence-corrected chi connectivity index (χ0v) is 14.0. The number of ether oxygens (including phenoxy) is 1. The third-order valence-corrected chi connectivity index (χ3v) is 3.70. The highest BCUT2D eigenvalue weighted by atomic mass is 16.5. The van der Waals surface area contributed by atoms with Crippen LogP contribution in [0.2, 0.25) is 0 Å². The Morgan fingerprint density at radius 3 is 2.32 bits per heavy atom. The maximum Gasteiger partial charge on any atom is 0.328 e. The average Bonchev–Trinajstić information content (AvgIpc) is 2.51. The molecule has 4 heteroatoms. The van der Waals surface area contributed by atoms with Crippen molar-refractivity contribution < 1.29 is 14.3 Å². The molecule has 4 nitrogen and oxygen atoms in total. The van der Waals surface area contributed by atoms with E-state index in [1.165, 1.54) is 7.11 Å². The number of rotatable bonds is 8. The molecule has 0 bridgehead atoms. The van der Waals surface area contributed by atoms with E-state index in [1.807, 2.05) is 51.1 Å². The number of hydrogen-bond donors (Lipinski definition) is 1. The summed E-state index contributed by atoms with van der Waals surface area (Å²) in [5, 5.41) is 2.86. The van der Waals surface area contributed by atoms with Crippen molar-refractivity contribution in [1.82, 2.24) is 5.32 Å². The molecule has 2 atom stereocenters. The van der Waals surface area contributed by atoms with Gasteiger partial charge in [0.15, 0.2) is 0 Å². The summed E-state index contributed by atoms with van der Waals surface area (Å²) in [4.78, 5) is 24.3. The first-order valence-electron chi connectivity index (χ1n) is 7.90. The molecule has 22 heavy (non-hydrogen) atoms. The van der Waals surface area contributed by atoms with Crippen LogP contribution in [-0.4, -0.2) is 25.0 Å². The zero-order valence-electron chi connectivity index (χ0n) is 14.0. The van der Waals surface area contributed by atoms with Crippen molar-refractivity contribution >= 4 is 11.9 Å². The number of amides is 1. The van der Waals surface area contributed by atoms with E-state index in [9.17, 15) is 9.59 Å². The Hall–Kier alpha value is -1.84. The maximum atomic E-state index is 12.5. The van der Waals surface area contributed by atoms with Crippen LogP contribution >= 0.6 is 0 Å². The van der Waals surface area contributed by atoms with E-state index >= 15 is 0 Å². The molecule has 1 amide bonds. The van der Waals surface area contributed by atoms with E-state index in [4.69, 9.17) is 4.74 Å². The third kappa shape index (κ3) is 5.88. The Morgan fingerprint density at radius 2 is 1.82 bits per heavy atom. The summed E-state index contributed by atoms with van der Waals surface area (Å²) in [5.41, 5.74) is 1.13. The normalized spacial score (nSPS) is 13.5. The molecular weight excluding hydrogens is 278 g/mol. The van der Waals surface area contributed by atoms with Gasteiger partial charge in [-0.2, -0.15) is 0 Å². The van der Waals surface area contributed by atoms with Crippen molar-refractivity contribution in [3.05, 3.63) is 35.9 Å². The van der Waals surface area contributed by atoms with Gasteiger partial charge in [-0.1, -0.05) is 51.1 Å². The lowest BCUT2D eigenvalue weighted by molar-refractivity contribution is -0.146. The van der Waals surface area contributed by atoms with Gasteiger partial charge >= 0.3 is 5.97 Å². The van der Waals surface area contributed by atoms with Crippen LogP contribution in [0, 0.1) is 11.8 Å². The molecule has 1 rings (SSSR count). The molecule has 0 heterocycles. The van der Waals surface area contributed by atoms with Gasteiger partial charge in [-0.3, -0.25) is 4.79 Å². The maximum absolute atomic E-state index is 12.5. The number of methoxy groups -OCH3 is 1. The van der Waals surface area contributed by atoms with Crippen molar-refractivity contribution in [2.45, 2.75) is 46.1 Å². The van der Waals surface area contributed by atoms with Crippen molar-refractivity contribution in [3.63, 3.8) is 0 Å². The lowest BCUT2D eigenvalue weighted by Crippen LogP contribution is -2.45. The highest BCUT2D eigenvalue weighted by Gasteiger charge is 2.26. The van der Waals surface area contributed by atoms with Crippen molar-refractivity contribution in [3.8, 4) is 0 Å². The van der Waals surface area contributed by atoms with Gasteiger partial charge in [0.1, 0.15) is 6.04 Å². The predicted molar refractivity (Wildman–Crippen MR) is 87.3 cm³/mol. The smallest absolute Gasteiger partial charge is 0.328 e. The molecule has 1 aromatic carbocycles. The molecule has 122 valence electrons. The lowest BCUT2D eigenvalue weighted by Gasteiger charge is -2.22. The average molecular weight is 305 g/mol. The molecule has 1 N–H and O–H groups in total. The van der Waals surface area contributed by atoms with Gasteiger partial charge in [0.2, 0.25) is 5.91 Å². The van der Waals surface area contributed by atoms with E-state index in [1.54, 1.807) is 0 Å². The standard InChI is InChI=1S/C18H27NO3/c1-5-15(12-14-9-7-6-8-10-14)17(20)19-16(11-13(2)3)18(21)22-4/h6-10,13,15-16H,5,11-12H2,1-4H3,(H,19,20)/t15-,16-/m0/s1. The summed E-state index contributed by atoms with van der Waals surface area (Å²) < 4.78 is 4.79. The summed E-state index contributed by atoms with van der Waals surface area (Å²) in [6.07, 6.45) is 2.00. The van der Waals surface area contributed by atoms with Crippen molar-refractivity contribution in [2.24, 2.45) is 11.8 Å². The van der Waals surface area contributed by atoms with Gasteiger partial charge in [-0.05, 0) is 30.7 Å². The fourth-order valence-corrected chi connectivity index (χ4v) is 2.44. The lowest BCUT2D eigenvalue weighted by atomic mass is 9.95. The van der Waals surface area contributed by atoms with Gasteiger partial charge in [-0.25, -0.2) is 4.79 Å². The van der Waals surface area contributed by atoms with Crippen LogP contribution in [0.1, 0.15) is 39.2 Å². The third-order valence-electron chi connectivity index (χ3n) is 3.70. The molecule has 0 spiro atoms. The first kappa shape index (κ1) is 18.2. The largest absolute Gasteiger partial charge is 0.467 e. The van der Waals surface area contributed by atoms with Crippen LogP contribution in [0.25, 0.3) is 0 Å². The summed E-state index contributed by atoms with van der Waals surface area (Å²) >= 11 is 0. The minimum atomic E-state index is -0.567. The Kier molecular flexibility index (Phi) is 7.64. The van der Waals surface area contributed by atoms with Gasteiger partial charge in [0.25, 0.3) is 0 Å². The number of benzene rings is 1. The topological polar surface area (TPSA) is 55.4 Å². The molecule has 1 aromatic rings. The second kappa shape index (κ2) is 9.23. The Morgan fingerprint density at radius 1 is 1.18 bits per heavy atom. The van der Waals surface area contributed by atoms with Gasteiger partial charge in [-0.15, -0.1) is 0 Å². The van der Waals surface area contributed by atoms with Crippen LogP contribution in [0.5, 0.6) is 0 Å². The fourth-order valence-electron chi connectivity index (χ4n) is 2.44. The van der Waals surface area contributed by atoms with Crippen LogP contribution < -0.4 is 5.32 Å². The molecule has 0 saturated heterocycles. The molecule has 0 aromatic heterocycles. The van der Waals surface area contributed by atoms with Crippen LogP contribution in [0.4, 0.5) is 0 Å². The highest BCUT2D eigenvalue weighted by molar-refractivity contribution is 5.85. The predicted octanol–water partition coefficient (Wildman–Crippen LogP) is 2.96. The molecule has 0 aliphatic rings. The Labute approximate surface area is 133 Å². The summed E-state index contributed by atoms with van der Waals surface area (Å²) in [7, 11) is 1.35. The van der Waals surface area contributed by atoms with E-state index in [0.29, 0.717) is 18.8 Å². The number of carbonyl (C=O) groups excluding carboxylic acids is 2. The molecule has 0 unspecified atom stereocenters. The van der Waals surface area contributed by atoms with Crippen molar-refractivity contribution in [2.75, 3.05) is 7.11 Å². The van der Waals surface area contributed by atoms with Gasteiger partial charge < -0.3 is 10.1 Å². The van der Waals surface area contributed by atoms with E-state index in [-0.39, 0.29) is 17.8 Å². The fraction of sp³-hybridized carbons (Fsp3) is 0.556. The SMILES string of the molecule is CC[C@@H](Cc1ccccc1)C(=O)N[C@@H](CC(C)C)C(=O)OC.